The number of benzene rings is 9. The molecule has 57 heavy (non-hydrogen) atoms. The fourth-order valence-electron chi connectivity index (χ4n) is 8.05. The second-order valence-corrected chi connectivity index (χ2v) is 14.2. The molecule has 0 N–H and O–H groups in total. The lowest BCUT2D eigenvalue weighted by Crippen LogP contribution is -2.10. The maximum Gasteiger partial charge on any atom is 0.0542 e. The summed E-state index contributed by atoms with van der Waals surface area (Å²) in [6.07, 6.45) is 0. The van der Waals surface area contributed by atoms with Gasteiger partial charge in [0.2, 0.25) is 0 Å². The first-order valence-electron chi connectivity index (χ1n) is 19.4. The number of hydrogen-bond acceptors (Lipinski definition) is 2. The highest BCUT2D eigenvalue weighted by Gasteiger charge is 2.20. The van der Waals surface area contributed by atoms with Crippen molar-refractivity contribution in [2.45, 2.75) is 0 Å². The highest BCUT2D eigenvalue weighted by atomic mass is 15.1. The van der Waals surface area contributed by atoms with Crippen molar-refractivity contribution in [1.82, 2.24) is 4.57 Å². The Hall–Kier alpha value is -7.62. The van der Waals surface area contributed by atoms with Crippen LogP contribution in [-0.4, -0.2) is 4.57 Å². The smallest absolute Gasteiger partial charge is 0.0542 e. The van der Waals surface area contributed by atoms with Gasteiger partial charge in [0.05, 0.1) is 11.0 Å². The first-order valence-corrected chi connectivity index (χ1v) is 19.4. The zero-order valence-electron chi connectivity index (χ0n) is 31.4. The monoisotopic (exact) mass is 729 g/mol. The van der Waals surface area contributed by atoms with Crippen LogP contribution in [0.5, 0.6) is 0 Å². The van der Waals surface area contributed by atoms with Crippen LogP contribution in [0.25, 0.3) is 49.7 Å². The van der Waals surface area contributed by atoms with E-state index in [0.29, 0.717) is 0 Å². The summed E-state index contributed by atoms with van der Waals surface area (Å²) in [4.78, 5) is 4.71. The first kappa shape index (κ1) is 33.9. The lowest BCUT2D eigenvalue weighted by atomic mass is 10.0. The average Bonchev–Trinajstić information content (AvgIpc) is 3.62. The molecule has 0 aliphatic rings. The lowest BCUT2D eigenvalue weighted by molar-refractivity contribution is 1.18. The molecule has 9 aromatic carbocycles. The van der Waals surface area contributed by atoms with Crippen molar-refractivity contribution in [2.75, 3.05) is 9.80 Å². The normalized spacial score (nSPS) is 11.2. The van der Waals surface area contributed by atoms with Crippen LogP contribution in [-0.2, 0) is 0 Å². The Bertz CT molecular complexity index is 2720. The van der Waals surface area contributed by atoms with Gasteiger partial charge in [-0.1, -0.05) is 140 Å². The van der Waals surface area contributed by atoms with Crippen LogP contribution in [0.1, 0.15) is 0 Å². The predicted molar refractivity (Wildman–Crippen MR) is 241 cm³/mol. The van der Waals surface area contributed by atoms with Gasteiger partial charge in [0.25, 0.3) is 0 Å². The van der Waals surface area contributed by atoms with Crippen molar-refractivity contribution in [3.05, 3.63) is 237 Å². The molecule has 0 bridgehead atoms. The van der Waals surface area contributed by atoms with Gasteiger partial charge in [-0.05, 0) is 119 Å². The standard InChI is InChI=1S/C54H39N3/c1-6-16-40(17-7-1)42-26-30-47(31-27-42)55(44-20-10-3-11-21-44)49-34-36-53-51(38-49)52-39-50(35-37-54(52)57(53)46-24-14-5-15-25-46)56(45-22-12-4-13-23-45)48-32-28-43(29-33-48)41-18-8-2-9-19-41/h1-39H. The van der Waals surface area contributed by atoms with E-state index in [9.17, 15) is 0 Å². The Balaban J connectivity index is 1.15. The summed E-state index contributed by atoms with van der Waals surface area (Å²) in [5.74, 6) is 0. The molecule has 270 valence electrons. The first-order chi connectivity index (χ1) is 28.3. The second kappa shape index (κ2) is 14.9. The van der Waals surface area contributed by atoms with Crippen molar-refractivity contribution < 1.29 is 0 Å². The minimum Gasteiger partial charge on any atom is -0.310 e. The molecule has 0 saturated heterocycles. The summed E-state index contributed by atoms with van der Waals surface area (Å²) in [6.45, 7) is 0. The quantitative estimate of drug-likeness (QED) is 0.147. The van der Waals surface area contributed by atoms with Gasteiger partial charge in [-0.15, -0.1) is 0 Å². The van der Waals surface area contributed by atoms with E-state index in [2.05, 4.69) is 251 Å². The van der Waals surface area contributed by atoms with E-state index in [1.807, 2.05) is 0 Å². The third-order valence-electron chi connectivity index (χ3n) is 10.8. The van der Waals surface area contributed by atoms with Crippen LogP contribution in [0.15, 0.2) is 237 Å². The van der Waals surface area contributed by atoms with Crippen LogP contribution >= 0.6 is 0 Å². The average molecular weight is 730 g/mol. The van der Waals surface area contributed by atoms with E-state index in [4.69, 9.17) is 0 Å². The summed E-state index contributed by atoms with van der Waals surface area (Å²) in [5.41, 5.74) is 14.8. The molecule has 0 saturated carbocycles. The van der Waals surface area contributed by atoms with E-state index in [-0.39, 0.29) is 0 Å². The molecule has 1 heterocycles. The third kappa shape index (κ3) is 6.52. The number of fused-ring (bicyclic) bond motifs is 3. The number of aromatic nitrogens is 1. The molecule has 3 nitrogen and oxygen atoms in total. The topological polar surface area (TPSA) is 11.4 Å². The number of hydrogen-bond donors (Lipinski definition) is 0. The highest BCUT2D eigenvalue weighted by molar-refractivity contribution is 6.12. The predicted octanol–water partition coefficient (Wildman–Crippen LogP) is 15.1. The molecule has 0 unspecified atom stereocenters. The minimum atomic E-state index is 1.09. The summed E-state index contributed by atoms with van der Waals surface area (Å²) in [5, 5.41) is 2.37. The molecule has 1 aromatic heterocycles. The highest BCUT2D eigenvalue weighted by Crippen LogP contribution is 2.43. The second-order valence-electron chi connectivity index (χ2n) is 14.2. The van der Waals surface area contributed by atoms with E-state index in [1.165, 1.54) is 33.0 Å². The van der Waals surface area contributed by atoms with Crippen molar-refractivity contribution in [1.29, 1.82) is 0 Å². The number of rotatable bonds is 9. The molecule has 0 spiro atoms. The van der Waals surface area contributed by atoms with Crippen molar-refractivity contribution in [3.63, 3.8) is 0 Å². The molecule has 10 rings (SSSR count). The van der Waals surface area contributed by atoms with Crippen LogP contribution < -0.4 is 9.80 Å². The molecule has 0 aliphatic carbocycles. The Morgan fingerprint density at radius 2 is 0.544 bits per heavy atom. The minimum absolute atomic E-state index is 1.09. The van der Waals surface area contributed by atoms with Gasteiger partial charge in [0.1, 0.15) is 0 Å². The third-order valence-corrected chi connectivity index (χ3v) is 10.8. The fraction of sp³-hybridized carbons (Fsp3) is 0. The fourth-order valence-corrected chi connectivity index (χ4v) is 8.05. The van der Waals surface area contributed by atoms with E-state index >= 15 is 0 Å². The Kier molecular flexibility index (Phi) is 8.86. The molecule has 0 aliphatic heterocycles. The van der Waals surface area contributed by atoms with Gasteiger partial charge in [-0.3, -0.25) is 0 Å². The van der Waals surface area contributed by atoms with E-state index < -0.39 is 0 Å². The maximum absolute atomic E-state index is 2.39. The largest absolute Gasteiger partial charge is 0.310 e. The van der Waals surface area contributed by atoms with Crippen molar-refractivity contribution in [3.8, 4) is 27.9 Å². The number of nitrogens with zero attached hydrogens (tertiary/aromatic N) is 3. The lowest BCUT2D eigenvalue weighted by Gasteiger charge is -2.26. The molecule has 0 atom stereocenters. The SMILES string of the molecule is c1ccc(-c2ccc(N(c3ccccc3)c3ccc4c(c3)c3cc(N(c5ccccc5)c5ccc(-c6ccccc6)cc5)ccc3n4-c3ccccc3)cc2)cc1. The van der Waals surface area contributed by atoms with E-state index in [1.54, 1.807) is 0 Å². The zero-order valence-corrected chi connectivity index (χ0v) is 31.4. The summed E-state index contributed by atoms with van der Waals surface area (Å²) < 4.78 is 2.39. The number of para-hydroxylation sites is 3. The zero-order chi connectivity index (χ0) is 38.0. The molecule has 10 aromatic rings. The van der Waals surface area contributed by atoms with Gasteiger partial charge in [-0.2, -0.15) is 0 Å². The summed E-state index contributed by atoms with van der Waals surface area (Å²) in [6, 6.07) is 84.7. The molecule has 0 fully saturated rings. The van der Waals surface area contributed by atoms with Crippen LogP contribution in [0.2, 0.25) is 0 Å². The molecule has 0 amide bonds. The van der Waals surface area contributed by atoms with Gasteiger partial charge in [0.15, 0.2) is 0 Å². The van der Waals surface area contributed by atoms with Gasteiger partial charge < -0.3 is 14.4 Å². The summed E-state index contributed by atoms with van der Waals surface area (Å²) in [7, 11) is 0. The van der Waals surface area contributed by atoms with Crippen LogP contribution in [0.4, 0.5) is 34.1 Å². The Morgan fingerprint density at radius 3 is 0.930 bits per heavy atom. The maximum atomic E-state index is 2.39. The molecule has 3 heteroatoms. The van der Waals surface area contributed by atoms with Crippen molar-refractivity contribution >= 4 is 55.9 Å². The number of anilines is 6. The van der Waals surface area contributed by atoms with E-state index in [0.717, 1.165) is 50.8 Å². The van der Waals surface area contributed by atoms with Gasteiger partial charge in [0, 0.05) is 50.6 Å². The van der Waals surface area contributed by atoms with Crippen molar-refractivity contribution in [2.24, 2.45) is 0 Å². The molecule has 0 radical (unpaired) electrons. The molecular formula is C54H39N3. The van der Waals surface area contributed by atoms with Crippen LogP contribution in [0.3, 0.4) is 0 Å². The van der Waals surface area contributed by atoms with Gasteiger partial charge >= 0.3 is 0 Å². The Morgan fingerprint density at radius 1 is 0.246 bits per heavy atom. The van der Waals surface area contributed by atoms with Gasteiger partial charge in [-0.25, -0.2) is 0 Å². The Labute approximate surface area is 333 Å². The summed E-state index contributed by atoms with van der Waals surface area (Å²) >= 11 is 0. The van der Waals surface area contributed by atoms with Crippen LogP contribution in [0, 0.1) is 0 Å². The molecular weight excluding hydrogens is 691 g/mol.